The van der Waals surface area contributed by atoms with Gasteiger partial charge in [-0.05, 0) is 90.6 Å². The van der Waals surface area contributed by atoms with E-state index in [0.29, 0.717) is 24.8 Å². The Morgan fingerprint density at radius 3 is 2.47 bits per heavy atom. The monoisotopic (exact) mass is 486 g/mol. The average molecular weight is 487 g/mol. The van der Waals surface area contributed by atoms with Gasteiger partial charge in [-0.15, -0.1) is 0 Å². The molecule has 0 bridgehead atoms. The lowest BCUT2D eigenvalue weighted by Gasteiger charge is -2.29. The molecule has 1 aromatic heterocycles. The third-order valence-electron chi connectivity index (χ3n) is 7.08. The number of anilines is 1. The number of rotatable bonds is 7. The number of benzene rings is 2. The second kappa shape index (κ2) is 11.7. The van der Waals surface area contributed by atoms with E-state index < -0.39 is 0 Å². The van der Waals surface area contributed by atoms with Crippen molar-refractivity contribution < 1.29 is 9.90 Å². The van der Waals surface area contributed by atoms with Crippen molar-refractivity contribution in [1.82, 2.24) is 9.99 Å². The Balaban J connectivity index is 1.58. The number of hydrogen-bond acceptors (Lipinski definition) is 5. The van der Waals surface area contributed by atoms with E-state index in [1.54, 1.807) is 11.1 Å². The summed E-state index contributed by atoms with van der Waals surface area (Å²) in [7, 11) is 1.81. The molecule has 36 heavy (non-hydrogen) atoms. The molecule has 2 aromatic carbocycles. The fraction of sp³-hybridized carbons (Fsp3) is 0.400. The predicted octanol–water partition coefficient (Wildman–Crippen LogP) is 5.33. The second-order valence-electron chi connectivity index (χ2n) is 10.3. The van der Waals surface area contributed by atoms with E-state index in [4.69, 9.17) is 5.84 Å². The minimum absolute atomic E-state index is 0.0663. The molecule has 190 valence electrons. The van der Waals surface area contributed by atoms with Gasteiger partial charge in [0, 0.05) is 24.8 Å². The zero-order valence-corrected chi connectivity index (χ0v) is 21.7. The summed E-state index contributed by atoms with van der Waals surface area (Å²) >= 11 is 0. The molecule has 0 spiro atoms. The highest BCUT2D eigenvalue weighted by Gasteiger charge is 2.27. The predicted molar refractivity (Wildman–Crippen MR) is 144 cm³/mol. The quantitative estimate of drug-likeness (QED) is 0.348. The lowest BCUT2D eigenvalue weighted by molar-refractivity contribution is -0.123. The summed E-state index contributed by atoms with van der Waals surface area (Å²) in [6.07, 6.45) is 6.16. The Bertz CT molecular complexity index is 1160. The molecule has 1 heterocycles. The topological polar surface area (TPSA) is 82.7 Å². The van der Waals surface area contributed by atoms with Gasteiger partial charge in [-0.3, -0.25) is 15.6 Å². The standard InChI is InChI=1S/C30H38N4O2/c1-21(2)23-10-14-28(15-11-23)34(19-22-7-13-27(32-18-22)20-33(3)31)30(36)25-6-4-5-24-12-16-29(35)17-26(24)9-8-25/h7,10-18,21,25,35H,4-6,8-9,19-20,31H2,1-3H3. The normalized spacial score (nSPS) is 15.9. The van der Waals surface area contributed by atoms with E-state index in [-0.39, 0.29) is 11.8 Å². The maximum absolute atomic E-state index is 14.0. The van der Waals surface area contributed by atoms with Crippen molar-refractivity contribution in [2.45, 2.75) is 65.0 Å². The molecule has 0 aliphatic heterocycles. The molecular formula is C30H38N4O2. The third-order valence-corrected chi connectivity index (χ3v) is 7.08. The van der Waals surface area contributed by atoms with Gasteiger partial charge in [0.1, 0.15) is 5.75 Å². The van der Waals surface area contributed by atoms with Crippen LogP contribution in [0.4, 0.5) is 5.69 Å². The van der Waals surface area contributed by atoms with Crippen molar-refractivity contribution >= 4 is 11.6 Å². The molecule has 0 fully saturated rings. The molecule has 1 atom stereocenters. The molecule has 6 nitrogen and oxygen atoms in total. The van der Waals surface area contributed by atoms with Crippen LogP contribution in [-0.4, -0.2) is 28.1 Å². The number of phenolic OH excluding ortho intramolecular Hbond substituents is 1. The van der Waals surface area contributed by atoms with Crippen LogP contribution in [0, 0.1) is 5.92 Å². The van der Waals surface area contributed by atoms with Gasteiger partial charge < -0.3 is 10.0 Å². The number of pyridine rings is 1. The van der Waals surface area contributed by atoms with E-state index in [2.05, 4.69) is 43.1 Å². The molecule has 3 N–H and O–H groups in total. The molecule has 1 aliphatic rings. The van der Waals surface area contributed by atoms with Gasteiger partial charge in [0.25, 0.3) is 0 Å². The molecule has 0 saturated carbocycles. The minimum atomic E-state index is -0.0663. The van der Waals surface area contributed by atoms with Gasteiger partial charge in [0.15, 0.2) is 0 Å². The van der Waals surface area contributed by atoms with Gasteiger partial charge in [0.05, 0.1) is 18.8 Å². The molecule has 1 amide bonds. The van der Waals surface area contributed by atoms with Crippen molar-refractivity contribution in [2.75, 3.05) is 11.9 Å². The maximum Gasteiger partial charge on any atom is 0.230 e. The Hall–Kier alpha value is -3.22. The fourth-order valence-electron chi connectivity index (χ4n) is 4.99. The first-order valence-corrected chi connectivity index (χ1v) is 12.9. The SMILES string of the molecule is CC(C)c1ccc(N(Cc2ccc(CN(C)N)nc2)C(=O)C2CCCc3ccc(O)cc3CC2)cc1. The van der Waals surface area contributed by atoms with Crippen LogP contribution in [0.25, 0.3) is 0 Å². The average Bonchev–Trinajstić information content (AvgIpc) is 2.84. The summed E-state index contributed by atoms with van der Waals surface area (Å²) in [5, 5.41) is 11.6. The molecule has 1 aliphatic carbocycles. The highest BCUT2D eigenvalue weighted by Crippen LogP contribution is 2.30. The van der Waals surface area contributed by atoms with E-state index in [1.807, 2.05) is 42.4 Å². The number of hydrogen-bond donors (Lipinski definition) is 2. The molecular weight excluding hydrogens is 448 g/mol. The lowest BCUT2D eigenvalue weighted by Crippen LogP contribution is -2.36. The van der Waals surface area contributed by atoms with Crippen LogP contribution in [0.2, 0.25) is 0 Å². The summed E-state index contributed by atoms with van der Waals surface area (Å²) in [4.78, 5) is 20.5. The Morgan fingerprint density at radius 1 is 1.03 bits per heavy atom. The zero-order valence-electron chi connectivity index (χ0n) is 21.7. The highest BCUT2D eigenvalue weighted by molar-refractivity contribution is 5.95. The highest BCUT2D eigenvalue weighted by atomic mass is 16.3. The summed E-state index contributed by atoms with van der Waals surface area (Å²) in [5.41, 5.74) is 6.49. The van der Waals surface area contributed by atoms with Crippen molar-refractivity contribution in [3.05, 3.63) is 88.7 Å². The largest absolute Gasteiger partial charge is 0.508 e. The number of amides is 1. The molecule has 1 unspecified atom stereocenters. The minimum Gasteiger partial charge on any atom is -0.508 e. The Morgan fingerprint density at radius 2 is 1.81 bits per heavy atom. The number of nitrogens with two attached hydrogens (primary N) is 1. The Labute approximate surface area is 214 Å². The second-order valence-corrected chi connectivity index (χ2v) is 10.3. The Kier molecular flexibility index (Phi) is 8.39. The van der Waals surface area contributed by atoms with E-state index in [0.717, 1.165) is 54.6 Å². The number of aromatic hydroxyl groups is 1. The van der Waals surface area contributed by atoms with Crippen LogP contribution in [0.3, 0.4) is 0 Å². The van der Waals surface area contributed by atoms with E-state index in [1.165, 1.54) is 11.1 Å². The number of carbonyl (C=O) groups is 1. The van der Waals surface area contributed by atoms with Crippen LogP contribution in [0.1, 0.15) is 67.0 Å². The number of nitrogens with zero attached hydrogens (tertiary/aromatic N) is 3. The number of aryl methyl sites for hydroxylation is 2. The summed E-state index contributed by atoms with van der Waals surface area (Å²) < 4.78 is 0. The number of carbonyl (C=O) groups excluding carboxylic acids is 1. The van der Waals surface area contributed by atoms with Crippen LogP contribution in [0.5, 0.6) is 5.75 Å². The van der Waals surface area contributed by atoms with Crippen LogP contribution < -0.4 is 10.7 Å². The zero-order chi connectivity index (χ0) is 25.7. The molecule has 0 radical (unpaired) electrons. The third kappa shape index (κ3) is 6.50. The maximum atomic E-state index is 14.0. The van der Waals surface area contributed by atoms with E-state index >= 15 is 0 Å². The number of phenols is 1. The molecule has 4 rings (SSSR count). The van der Waals surface area contributed by atoms with Gasteiger partial charge >= 0.3 is 0 Å². The van der Waals surface area contributed by atoms with Crippen molar-refractivity contribution in [1.29, 1.82) is 0 Å². The molecule has 6 heteroatoms. The first-order chi connectivity index (χ1) is 17.3. The summed E-state index contributed by atoms with van der Waals surface area (Å²) in [6.45, 7) is 5.39. The number of aromatic nitrogens is 1. The van der Waals surface area contributed by atoms with Crippen molar-refractivity contribution in [3.8, 4) is 5.75 Å². The lowest BCUT2D eigenvalue weighted by atomic mass is 9.86. The van der Waals surface area contributed by atoms with Crippen LogP contribution in [-0.2, 0) is 30.7 Å². The van der Waals surface area contributed by atoms with E-state index in [9.17, 15) is 9.90 Å². The van der Waals surface area contributed by atoms with Gasteiger partial charge in [-0.2, -0.15) is 0 Å². The summed E-state index contributed by atoms with van der Waals surface area (Å²) in [5.74, 6) is 6.58. The van der Waals surface area contributed by atoms with Crippen molar-refractivity contribution in [2.24, 2.45) is 11.8 Å². The number of hydrazine groups is 1. The van der Waals surface area contributed by atoms with Gasteiger partial charge in [-0.25, -0.2) is 5.01 Å². The van der Waals surface area contributed by atoms with Crippen molar-refractivity contribution in [3.63, 3.8) is 0 Å². The molecule has 0 saturated heterocycles. The first kappa shape index (κ1) is 25.9. The van der Waals surface area contributed by atoms with Gasteiger partial charge in [-0.1, -0.05) is 38.1 Å². The molecule has 3 aromatic rings. The fourth-order valence-corrected chi connectivity index (χ4v) is 4.99. The van der Waals surface area contributed by atoms with Gasteiger partial charge in [0.2, 0.25) is 5.91 Å². The summed E-state index contributed by atoms with van der Waals surface area (Å²) in [6, 6.07) is 18.0. The van der Waals surface area contributed by atoms with Crippen LogP contribution >= 0.6 is 0 Å². The number of fused-ring (bicyclic) bond motifs is 1. The van der Waals surface area contributed by atoms with Crippen LogP contribution in [0.15, 0.2) is 60.8 Å². The smallest absolute Gasteiger partial charge is 0.230 e. The first-order valence-electron chi connectivity index (χ1n) is 12.9.